The van der Waals surface area contributed by atoms with Crippen LogP contribution in [0.25, 0.3) is 22.7 Å². The zero-order valence-corrected chi connectivity index (χ0v) is 14.0. The molecule has 128 valence electrons. The lowest BCUT2D eigenvalue weighted by Gasteiger charge is -2.01. The Morgan fingerprint density at radius 3 is 2.92 bits per heavy atom. The minimum Gasteiger partial charge on any atom is -0.457 e. The lowest BCUT2D eigenvalue weighted by molar-refractivity contribution is 0.0955. The second-order valence-corrected chi connectivity index (χ2v) is 5.56. The van der Waals surface area contributed by atoms with Crippen molar-refractivity contribution >= 4 is 5.91 Å². The van der Waals surface area contributed by atoms with Gasteiger partial charge in [0.1, 0.15) is 18.0 Å². The number of nitrogens with one attached hydrogen (secondary N) is 2. The van der Waals surface area contributed by atoms with Crippen molar-refractivity contribution in [3.63, 3.8) is 0 Å². The van der Waals surface area contributed by atoms with Crippen molar-refractivity contribution in [2.75, 3.05) is 6.54 Å². The van der Waals surface area contributed by atoms with Crippen LogP contribution in [0.1, 0.15) is 28.7 Å². The highest BCUT2D eigenvalue weighted by molar-refractivity contribution is 5.96. The van der Waals surface area contributed by atoms with Gasteiger partial charge in [-0.15, -0.1) is 0 Å². The molecule has 0 unspecified atom stereocenters. The highest BCUT2D eigenvalue weighted by Gasteiger charge is 2.14. The monoisotopic (exact) mass is 338 g/mol. The first-order valence-corrected chi connectivity index (χ1v) is 7.94. The standard InChI is InChI=1S/C18H18N4O3/c1-3-19-18(23)14-9-15(22-11(14)2)12-6-7-20-16(8-12)17-5-4-13(25-17)10-21-24/h4-9,22H,3,10H2,1-2H3,(H,19,23). The van der Waals surface area contributed by atoms with E-state index in [1.54, 1.807) is 18.3 Å². The Hall–Kier alpha value is -3.22. The fourth-order valence-electron chi connectivity index (χ4n) is 2.60. The summed E-state index contributed by atoms with van der Waals surface area (Å²) in [6.07, 6.45) is 1.67. The summed E-state index contributed by atoms with van der Waals surface area (Å²) >= 11 is 0. The second-order valence-electron chi connectivity index (χ2n) is 5.56. The molecule has 0 fully saturated rings. The third-order valence-corrected chi connectivity index (χ3v) is 3.80. The predicted molar refractivity (Wildman–Crippen MR) is 94.0 cm³/mol. The van der Waals surface area contributed by atoms with E-state index in [4.69, 9.17) is 4.42 Å². The first-order chi connectivity index (χ1) is 12.1. The van der Waals surface area contributed by atoms with E-state index in [0.29, 0.717) is 29.3 Å². The fraction of sp³-hybridized carbons (Fsp3) is 0.222. The summed E-state index contributed by atoms with van der Waals surface area (Å²) in [4.78, 5) is 29.9. The lowest BCUT2D eigenvalue weighted by Crippen LogP contribution is -2.22. The van der Waals surface area contributed by atoms with E-state index < -0.39 is 0 Å². The van der Waals surface area contributed by atoms with Crippen LogP contribution in [-0.4, -0.2) is 22.4 Å². The summed E-state index contributed by atoms with van der Waals surface area (Å²) in [5.74, 6) is 0.952. The third kappa shape index (κ3) is 3.50. The number of rotatable bonds is 6. The smallest absolute Gasteiger partial charge is 0.253 e. The average Bonchev–Trinajstić information content (AvgIpc) is 3.22. The summed E-state index contributed by atoms with van der Waals surface area (Å²) < 4.78 is 5.57. The van der Waals surface area contributed by atoms with Crippen molar-refractivity contribution in [1.82, 2.24) is 15.3 Å². The number of carbonyl (C=O) groups excluding carboxylic acids is 1. The van der Waals surface area contributed by atoms with Crippen molar-refractivity contribution in [2.24, 2.45) is 5.18 Å². The third-order valence-electron chi connectivity index (χ3n) is 3.80. The van der Waals surface area contributed by atoms with Crippen LogP contribution < -0.4 is 5.32 Å². The van der Waals surface area contributed by atoms with Crippen molar-refractivity contribution in [3.8, 4) is 22.7 Å². The number of H-pyrrole nitrogens is 1. The zero-order valence-electron chi connectivity index (χ0n) is 14.0. The Bertz CT molecular complexity index is 911. The number of aromatic nitrogens is 2. The van der Waals surface area contributed by atoms with E-state index in [1.165, 1.54) is 0 Å². The van der Waals surface area contributed by atoms with Crippen LogP contribution in [0.2, 0.25) is 0 Å². The number of pyridine rings is 1. The van der Waals surface area contributed by atoms with E-state index in [9.17, 15) is 9.70 Å². The molecule has 0 atom stereocenters. The number of furan rings is 1. The van der Waals surface area contributed by atoms with Crippen LogP contribution in [0, 0.1) is 11.8 Å². The molecule has 0 aliphatic carbocycles. The first-order valence-electron chi connectivity index (χ1n) is 7.94. The average molecular weight is 338 g/mol. The largest absolute Gasteiger partial charge is 0.457 e. The maximum Gasteiger partial charge on any atom is 0.253 e. The van der Waals surface area contributed by atoms with Crippen LogP contribution in [0.5, 0.6) is 0 Å². The van der Waals surface area contributed by atoms with Gasteiger partial charge in [0, 0.05) is 29.7 Å². The van der Waals surface area contributed by atoms with Gasteiger partial charge in [0.2, 0.25) is 0 Å². The maximum atomic E-state index is 12.1. The second kappa shape index (κ2) is 7.12. The van der Waals surface area contributed by atoms with Crippen molar-refractivity contribution in [1.29, 1.82) is 0 Å². The fourth-order valence-corrected chi connectivity index (χ4v) is 2.60. The summed E-state index contributed by atoms with van der Waals surface area (Å²) in [5.41, 5.74) is 3.77. The van der Waals surface area contributed by atoms with E-state index >= 15 is 0 Å². The molecule has 0 bridgehead atoms. The quantitative estimate of drug-likeness (QED) is 0.670. The number of nitrogens with zero attached hydrogens (tertiary/aromatic N) is 2. The molecule has 0 aromatic carbocycles. The number of aromatic amines is 1. The summed E-state index contributed by atoms with van der Waals surface area (Å²) in [5, 5.41) is 5.61. The number of aryl methyl sites for hydroxylation is 1. The molecule has 1 amide bonds. The minimum atomic E-state index is -0.103. The topological polar surface area (TPSA) is 100 Å². The minimum absolute atomic E-state index is 0.00852. The van der Waals surface area contributed by atoms with Crippen molar-refractivity contribution in [3.05, 3.63) is 58.5 Å². The van der Waals surface area contributed by atoms with Gasteiger partial charge in [-0.3, -0.25) is 9.78 Å². The summed E-state index contributed by atoms with van der Waals surface area (Å²) in [6.45, 7) is 4.31. The molecule has 0 spiro atoms. The molecule has 25 heavy (non-hydrogen) atoms. The molecule has 3 rings (SSSR count). The SMILES string of the molecule is CCNC(=O)c1cc(-c2ccnc(-c3ccc(CN=O)o3)c2)[nH]c1C. The predicted octanol–water partition coefficient (Wildman–Crippen LogP) is 3.66. The van der Waals surface area contributed by atoms with Crippen LogP contribution >= 0.6 is 0 Å². The lowest BCUT2D eigenvalue weighted by atomic mass is 10.1. The molecule has 3 heterocycles. The molecule has 0 saturated heterocycles. The molecular formula is C18H18N4O3. The Balaban J connectivity index is 1.92. The molecule has 0 aliphatic heterocycles. The molecular weight excluding hydrogens is 320 g/mol. The highest BCUT2D eigenvalue weighted by atomic mass is 16.3. The number of carbonyl (C=O) groups is 1. The van der Waals surface area contributed by atoms with Gasteiger partial charge < -0.3 is 14.7 Å². The number of hydrogen-bond acceptors (Lipinski definition) is 5. The molecule has 7 heteroatoms. The van der Waals surface area contributed by atoms with Crippen molar-refractivity contribution < 1.29 is 9.21 Å². The van der Waals surface area contributed by atoms with Crippen LogP contribution in [0.4, 0.5) is 0 Å². The molecule has 2 N–H and O–H groups in total. The summed E-state index contributed by atoms with van der Waals surface area (Å²) in [7, 11) is 0. The Morgan fingerprint density at radius 1 is 1.32 bits per heavy atom. The van der Waals surface area contributed by atoms with Crippen molar-refractivity contribution in [2.45, 2.75) is 20.4 Å². The number of nitroso groups, excluding NO2 is 1. The van der Waals surface area contributed by atoms with Gasteiger partial charge >= 0.3 is 0 Å². The number of amides is 1. The molecule has 3 aromatic heterocycles. The highest BCUT2D eigenvalue weighted by Crippen LogP contribution is 2.27. The van der Waals surface area contributed by atoms with Gasteiger partial charge in [-0.25, -0.2) is 0 Å². The summed E-state index contributed by atoms with van der Waals surface area (Å²) in [6, 6.07) is 9.00. The van der Waals surface area contributed by atoms with Gasteiger partial charge in [0.05, 0.1) is 5.56 Å². The Morgan fingerprint density at radius 2 is 2.16 bits per heavy atom. The first kappa shape index (κ1) is 16.6. The van der Waals surface area contributed by atoms with Gasteiger partial charge in [-0.05, 0) is 44.2 Å². The zero-order chi connectivity index (χ0) is 17.8. The molecule has 7 nitrogen and oxygen atoms in total. The molecule has 0 radical (unpaired) electrons. The van der Waals surface area contributed by atoms with Gasteiger partial charge in [-0.2, -0.15) is 4.91 Å². The van der Waals surface area contributed by atoms with E-state index in [0.717, 1.165) is 17.0 Å². The normalized spacial score (nSPS) is 10.6. The van der Waals surface area contributed by atoms with E-state index in [1.807, 2.05) is 32.0 Å². The van der Waals surface area contributed by atoms with Gasteiger partial charge in [0.25, 0.3) is 5.91 Å². The Labute approximate surface area is 144 Å². The van der Waals surface area contributed by atoms with Gasteiger partial charge in [-0.1, -0.05) is 5.18 Å². The van der Waals surface area contributed by atoms with Crippen LogP contribution in [-0.2, 0) is 6.54 Å². The molecule has 0 saturated carbocycles. The van der Waals surface area contributed by atoms with Crippen LogP contribution in [0.15, 0.2) is 46.1 Å². The van der Waals surface area contributed by atoms with Crippen LogP contribution in [0.3, 0.4) is 0 Å². The molecule has 0 aliphatic rings. The maximum absolute atomic E-state index is 12.1. The molecule has 3 aromatic rings. The Kier molecular flexibility index (Phi) is 4.74. The van der Waals surface area contributed by atoms with E-state index in [-0.39, 0.29) is 12.5 Å². The van der Waals surface area contributed by atoms with Gasteiger partial charge in [0.15, 0.2) is 5.76 Å². The number of hydrogen-bond donors (Lipinski definition) is 2. The van der Waals surface area contributed by atoms with E-state index in [2.05, 4.69) is 20.5 Å².